The molecule has 5 heteroatoms. The van der Waals surface area contributed by atoms with E-state index in [0.717, 1.165) is 19.4 Å². The minimum absolute atomic E-state index is 0.464. The molecular formula is C13H25N3O2. The third kappa shape index (κ3) is 11.2. The summed E-state index contributed by atoms with van der Waals surface area (Å²) in [6, 6.07) is 0. The number of rotatable bonds is 10. The van der Waals surface area contributed by atoms with Gasteiger partial charge in [0.25, 0.3) is 0 Å². The van der Waals surface area contributed by atoms with Crippen LogP contribution in [0, 0.1) is 12.3 Å². The second-order valence-corrected chi connectivity index (χ2v) is 3.63. The molecule has 0 aromatic carbocycles. The zero-order valence-corrected chi connectivity index (χ0v) is 11.5. The second-order valence-electron chi connectivity index (χ2n) is 3.63. The fourth-order valence-electron chi connectivity index (χ4n) is 1.17. The van der Waals surface area contributed by atoms with Gasteiger partial charge in [-0.25, -0.2) is 0 Å². The third-order valence-corrected chi connectivity index (χ3v) is 2.13. The van der Waals surface area contributed by atoms with E-state index >= 15 is 0 Å². The first-order chi connectivity index (χ1) is 8.85. The van der Waals surface area contributed by atoms with Crippen LogP contribution < -0.4 is 10.6 Å². The predicted molar refractivity (Wildman–Crippen MR) is 74.7 cm³/mol. The van der Waals surface area contributed by atoms with Crippen molar-refractivity contribution in [1.82, 2.24) is 10.6 Å². The Morgan fingerprint density at radius 2 is 1.89 bits per heavy atom. The number of nitrogens with zero attached hydrogens (tertiary/aromatic N) is 1. The summed E-state index contributed by atoms with van der Waals surface area (Å²) < 4.78 is 10.8. The van der Waals surface area contributed by atoms with Crippen molar-refractivity contribution in [3.05, 3.63) is 0 Å². The van der Waals surface area contributed by atoms with Crippen molar-refractivity contribution in [3.8, 4) is 12.3 Å². The summed E-state index contributed by atoms with van der Waals surface area (Å²) in [5.74, 6) is 3.18. The van der Waals surface area contributed by atoms with E-state index in [2.05, 4.69) is 28.5 Å². The lowest BCUT2D eigenvalue weighted by Gasteiger charge is -2.10. The van der Waals surface area contributed by atoms with Gasteiger partial charge in [-0.2, -0.15) is 0 Å². The largest absolute Gasteiger partial charge is 0.379 e. The highest BCUT2D eigenvalue weighted by molar-refractivity contribution is 5.79. The number of ether oxygens (including phenoxy) is 2. The van der Waals surface area contributed by atoms with Gasteiger partial charge in [0.2, 0.25) is 0 Å². The van der Waals surface area contributed by atoms with Crippen LogP contribution in [0.15, 0.2) is 4.99 Å². The molecule has 0 unspecified atom stereocenters. The number of unbranched alkanes of at least 4 members (excludes halogenated alkanes) is 1. The second kappa shape index (κ2) is 13.8. The van der Waals surface area contributed by atoms with Crippen LogP contribution in [0.3, 0.4) is 0 Å². The van der Waals surface area contributed by atoms with E-state index in [0.29, 0.717) is 38.9 Å². The number of hydrogen-bond acceptors (Lipinski definition) is 3. The Hall–Kier alpha value is -1.25. The van der Waals surface area contributed by atoms with Crippen LogP contribution in [0.4, 0.5) is 0 Å². The van der Waals surface area contributed by atoms with Crippen molar-refractivity contribution < 1.29 is 9.47 Å². The van der Waals surface area contributed by atoms with Gasteiger partial charge in [-0.3, -0.25) is 4.99 Å². The number of guanidine groups is 1. The predicted octanol–water partition coefficient (Wildman–Crippen LogP) is 0.618. The van der Waals surface area contributed by atoms with Gasteiger partial charge in [0.15, 0.2) is 5.96 Å². The zero-order valence-electron chi connectivity index (χ0n) is 11.5. The quantitative estimate of drug-likeness (QED) is 0.260. The van der Waals surface area contributed by atoms with E-state index in [1.165, 1.54) is 0 Å². The van der Waals surface area contributed by atoms with E-state index in [1.807, 2.05) is 0 Å². The van der Waals surface area contributed by atoms with Gasteiger partial charge in [0.1, 0.15) is 0 Å². The molecule has 0 aliphatic carbocycles. The molecule has 18 heavy (non-hydrogen) atoms. The highest BCUT2D eigenvalue weighted by atomic mass is 16.5. The molecule has 0 aliphatic heterocycles. The van der Waals surface area contributed by atoms with Crippen LogP contribution in [0.25, 0.3) is 0 Å². The maximum atomic E-state index is 5.40. The first-order valence-corrected chi connectivity index (χ1v) is 6.38. The maximum Gasteiger partial charge on any atom is 0.191 e. The molecule has 0 saturated carbocycles. The maximum absolute atomic E-state index is 5.40. The fraction of sp³-hybridized carbons (Fsp3) is 0.769. The van der Waals surface area contributed by atoms with Gasteiger partial charge in [0.05, 0.1) is 26.4 Å². The third-order valence-electron chi connectivity index (χ3n) is 2.13. The molecule has 0 amide bonds. The first kappa shape index (κ1) is 16.8. The first-order valence-electron chi connectivity index (χ1n) is 6.38. The molecule has 0 heterocycles. The molecule has 0 bridgehead atoms. The molecule has 0 saturated heterocycles. The average Bonchev–Trinajstić information content (AvgIpc) is 2.40. The minimum atomic E-state index is 0.464. The Morgan fingerprint density at radius 1 is 1.17 bits per heavy atom. The van der Waals surface area contributed by atoms with Gasteiger partial charge in [-0.1, -0.05) is 19.3 Å². The SMILES string of the molecule is C#CCNC(=NC)NCCOCCOCCCC. The highest BCUT2D eigenvalue weighted by Gasteiger charge is 1.94. The van der Waals surface area contributed by atoms with Crippen molar-refractivity contribution >= 4 is 5.96 Å². The summed E-state index contributed by atoms with van der Waals surface area (Å²) in [6.45, 7) is 6.03. The van der Waals surface area contributed by atoms with Crippen LogP contribution in [0.5, 0.6) is 0 Å². The van der Waals surface area contributed by atoms with Gasteiger partial charge in [-0.15, -0.1) is 6.42 Å². The van der Waals surface area contributed by atoms with E-state index in [9.17, 15) is 0 Å². The fourth-order valence-corrected chi connectivity index (χ4v) is 1.17. The number of hydrogen-bond donors (Lipinski definition) is 2. The van der Waals surface area contributed by atoms with Crippen molar-refractivity contribution in [2.75, 3.05) is 46.6 Å². The van der Waals surface area contributed by atoms with Crippen LogP contribution in [-0.4, -0.2) is 52.5 Å². The van der Waals surface area contributed by atoms with Crippen molar-refractivity contribution in [1.29, 1.82) is 0 Å². The van der Waals surface area contributed by atoms with Gasteiger partial charge < -0.3 is 20.1 Å². The van der Waals surface area contributed by atoms with Crippen molar-refractivity contribution in [2.45, 2.75) is 19.8 Å². The van der Waals surface area contributed by atoms with E-state index in [4.69, 9.17) is 15.9 Å². The standard InChI is InChI=1S/C13H25N3O2/c1-4-6-9-17-11-12-18-10-8-16-13(14-3)15-7-5-2/h2H,4,6-12H2,1,3H3,(H2,14,15,16). The van der Waals surface area contributed by atoms with E-state index in [-0.39, 0.29) is 0 Å². The molecule has 2 N–H and O–H groups in total. The Balaban J connectivity index is 3.26. The summed E-state index contributed by atoms with van der Waals surface area (Å²) in [6.07, 6.45) is 7.41. The summed E-state index contributed by atoms with van der Waals surface area (Å²) in [5.41, 5.74) is 0. The average molecular weight is 255 g/mol. The molecule has 0 aliphatic rings. The summed E-state index contributed by atoms with van der Waals surface area (Å²) in [7, 11) is 1.70. The lowest BCUT2D eigenvalue weighted by Crippen LogP contribution is -2.39. The van der Waals surface area contributed by atoms with Gasteiger partial charge >= 0.3 is 0 Å². The molecule has 104 valence electrons. The van der Waals surface area contributed by atoms with Gasteiger partial charge in [0, 0.05) is 20.2 Å². The lowest BCUT2D eigenvalue weighted by atomic mass is 10.4. The molecule has 0 aromatic heterocycles. The molecule has 0 fully saturated rings. The van der Waals surface area contributed by atoms with Gasteiger partial charge in [-0.05, 0) is 6.42 Å². The van der Waals surface area contributed by atoms with Crippen LogP contribution in [0.2, 0.25) is 0 Å². The summed E-state index contributed by atoms with van der Waals surface area (Å²) in [5, 5.41) is 6.06. The normalized spacial score (nSPS) is 11.1. The molecule has 0 spiro atoms. The van der Waals surface area contributed by atoms with Crippen LogP contribution in [-0.2, 0) is 9.47 Å². The summed E-state index contributed by atoms with van der Waals surface area (Å²) >= 11 is 0. The Kier molecular flexibility index (Phi) is 12.9. The molecule has 0 aromatic rings. The highest BCUT2D eigenvalue weighted by Crippen LogP contribution is 1.87. The Labute approximate surface area is 110 Å². The number of nitrogens with one attached hydrogen (secondary N) is 2. The van der Waals surface area contributed by atoms with Crippen LogP contribution in [0.1, 0.15) is 19.8 Å². The van der Waals surface area contributed by atoms with Crippen molar-refractivity contribution in [2.24, 2.45) is 4.99 Å². The van der Waals surface area contributed by atoms with E-state index < -0.39 is 0 Å². The van der Waals surface area contributed by atoms with E-state index in [1.54, 1.807) is 7.05 Å². The molecule has 5 nitrogen and oxygen atoms in total. The molecule has 0 radical (unpaired) electrons. The summed E-state index contributed by atoms with van der Waals surface area (Å²) in [4.78, 5) is 4.01. The zero-order chi connectivity index (χ0) is 13.5. The minimum Gasteiger partial charge on any atom is -0.379 e. The van der Waals surface area contributed by atoms with Crippen LogP contribution >= 0.6 is 0 Å². The Bertz CT molecular complexity index is 249. The molecular weight excluding hydrogens is 230 g/mol. The van der Waals surface area contributed by atoms with Crippen molar-refractivity contribution in [3.63, 3.8) is 0 Å². The molecule has 0 rings (SSSR count). The smallest absolute Gasteiger partial charge is 0.191 e. The molecule has 0 atom stereocenters. The number of aliphatic imine (C=N–C) groups is 1. The monoisotopic (exact) mass is 255 g/mol. The Morgan fingerprint density at radius 3 is 2.50 bits per heavy atom. The number of terminal acetylenes is 1. The topological polar surface area (TPSA) is 54.9 Å². The lowest BCUT2D eigenvalue weighted by molar-refractivity contribution is 0.0487.